The standard InChI is InChI=1S/C29H40N8O4S/c1-36-13-10-23(19-36)40-24-17-31-29(32-18-24)33-20-6-8-22(9-7-20)41-28-25-14-21(35-42(2,38)39)16-30-26(25)15-27(34-28)37-11-4-3-5-12-37/h14-18,20,22-23,35H,3-13,19H2,1-2H3,(H,31,32,33)/t20?,22?,23-/m0/s1. The van der Waals surface area contributed by atoms with E-state index in [1.807, 2.05) is 6.07 Å². The number of piperidine rings is 1. The molecule has 2 saturated heterocycles. The van der Waals surface area contributed by atoms with Crippen molar-refractivity contribution < 1.29 is 17.9 Å². The monoisotopic (exact) mass is 596 g/mol. The molecule has 0 bridgehead atoms. The highest BCUT2D eigenvalue weighted by molar-refractivity contribution is 7.92. The molecular weight excluding hydrogens is 556 g/mol. The molecule has 0 amide bonds. The fourth-order valence-corrected chi connectivity index (χ4v) is 6.57. The first kappa shape index (κ1) is 28.7. The number of hydrogen-bond donors (Lipinski definition) is 2. The van der Waals surface area contributed by atoms with Crippen LogP contribution >= 0.6 is 0 Å². The Morgan fingerprint density at radius 2 is 1.64 bits per heavy atom. The number of fused-ring (bicyclic) bond motifs is 1. The molecule has 12 nitrogen and oxygen atoms in total. The third-order valence-electron chi connectivity index (χ3n) is 8.18. The van der Waals surface area contributed by atoms with E-state index in [0.717, 1.165) is 88.7 Å². The number of nitrogens with one attached hydrogen (secondary N) is 2. The minimum atomic E-state index is -3.44. The van der Waals surface area contributed by atoms with E-state index in [4.69, 9.17) is 14.5 Å². The number of rotatable bonds is 9. The predicted octanol–water partition coefficient (Wildman–Crippen LogP) is 3.67. The summed E-state index contributed by atoms with van der Waals surface area (Å²) in [4.78, 5) is 23.0. The van der Waals surface area contributed by atoms with Crippen LogP contribution in [0.4, 0.5) is 17.5 Å². The zero-order valence-electron chi connectivity index (χ0n) is 24.3. The number of nitrogens with zero attached hydrogens (tertiary/aromatic N) is 6. The fraction of sp³-hybridized carbons (Fsp3) is 0.586. The van der Waals surface area contributed by atoms with Gasteiger partial charge in [-0.25, -0.2) is 18.4 Å². The van der Waals surface area contributed by atoms with Crippen molar-refractivity contribution in [3.63, 3.8) is 0 Å². The quantitative estimate of drug-likeness (QED) is 0.375. The molecule has 3 aliphatic rings. The molecule has 1 saturated carbocycles. The van der Waals surface area contributed by atoms with Crippen LogP contribution in [-0.2, 0) is 10.0 Å². The Bertz CT molecular complexity index is 1470. The molecule has 1 atom stereocenters. The summed E-state index contributed by atoms with van der Waals surface area (Å²) in [5.74, 6) is 2.66. The second-order valence-electron chi connectivity index (χ2n) is 11.8. The molecule has 0 aromatic carbocycles. The summed E-state index contributed by atoms with van der Waals surface area (Å²) in [7, 11) is -1.34. The van der Waals surface area contributed by atoms with Gasteiger partial charge in [0.2, 0.25) is 21.9 Å². The van der Waals surface area contributed by atoms with Gasteiger partial charge in [0.1, 0.15) is 18.0 Å². The van der Waals surface area contributed by atoms with Gasteiger partial charge in [-0.15, -0.1) is 0 Å². The van der Waals surface area contributed by atoms with E-state index >= 15 is 0 Å². The summed E-state index contributed by atoms with van der Waals surface area (Å²) in [5.41, 5.74) is 1.13. The lowest BCUT2D eigenvalue weighted by Gasteiger charge is -2.31. The highest BCUT2D eigenvalue weighted by Gasteiger charge is 2.26. The average Bonchev–Trinajstić information content (AvgIpc) is 3.39. The van der Waals surface area contributed by atoms with Gasteiger partial charge in [0, 0.05) is 38.3 Å². The minimum absolute atomic E-state index is 0.0110. The Labute approximate surface area is 247 Å². The molecule has 13 heteroatoms. The van der Waals surface area contributed by atoms with Crippen molar-refractivity contribution in [1.29, 1.82) is 0 Å². The summed E-state index contributed by atoms with van der Waals surface area (Å²) < 4.78 is 38.8. The number of anilines is 3. The zero-order chi connectivity index (χ0) is 29.1. The highest BCUT2D eigenvalue weighted by Crippen LogP contribution is 2.33. The third kappa shape index (κ3) is 7.30. The van der Waals surface area contributed by atoms with Gasteiger partial charge in [-0.05, 0) is 64.5 Å². The SMILES string of the molecule is CN1CC[C@H](Oc2cnc(NC3CCC(Oc4nc(N5CCCCC5)cc5ncc(NS(C)(=O)=O)cc45)CC3)nc2)C1. The lowest BCUT2D eigenvalue weighted by Crippen LogP contribution is -2.32. The predicted molar refractivity (Wildman–Crippen MR) is 163 cm³/mol. The number of ether oxygens (including phenoxy) is 2. The van der Waals surface area contributed by atoms with Crippen molar-refractivity contribution in [3.05, 3.63) is 30.7 Å². The fourth-order valence-electron chi connectivity index (χ4n) is 6.03. The van der Waals surface area contributed by atoms with Crippen LogP contribution in [0, 0.1) is 0 Å². The number of hydrogen-bond acceptors (Lipinski definition) is 11. The van der Waals surface area contributed by atoms with Crippen LogP contribution in [0.3, 0.4) is 0 Å². The topological polar surface area (TPSA) is 135 Å². The van der Waals surface area contributed by atoms with E-state index < -0.39 is 10.0 Å². The maximum Gasteiger partial charge on any atom is 0.229 e. The van der Waals surface area contributed by atoms with Crippen molar-refractivity contribution >= 4 is 38.4 Å². The molecule has 6 rings (SSSR count). The van der Waals surface area contributed by atoms with Crippen molar-refractivity contribution in [2.75, 3.05) is 54.4 Å². The van der Waals surface area contributed by atoms with Crippen LogP contribution in [-0.4, -0.2) is 91.0 Å². The molecule has 0 spiro atoms. The summed E-state index contributed by atoms with van der Waals surface area (Å²) >= 11 is 0. The van der Waals surface area contributed by atoms with Crippen LogP contribution in [0.1, 0.15) is 51.4 Å². The molecule has 1 aliphatic carbocycles. The first-order valence-electron chi connectivity index (χ1n) is 14.9. The van der Waals surface area contributed by atoms with Crippen LogP contribution < -0.4 is 24.4 Å². The molecule has 2 N–H and O–H groups in total. The first-order chi connectivity index (χ1) is 20.3. The van der Waals surface area contributed by atoms with Crippen molar-refractivity contribution in [3.8, 4) is 11.6 Å². The van der Waals surface area contributed by atoms with Crippen LogP contribution in [0.2, 0.25) is 0 Å². The number of pyridine rings is 2. The Hall–Kier alpha value is -3.45. The van der Waals surface area contributed by atoms with Gasteiger partial charge in [0.25, 0.3) is 0 Å². The summed E-state index contributed by atoms with van der Waals surface area (Å²) in [6, 6.07) is 3.98. The second kappa shape index (κ2) is 12.4. The molecular formula is C29H40N8O4S. The van der Waals surface area contributed by atoms with Gasteiger partial charge < -0.3 is 24.6 Å². The molecule has 226 valence electrons. The van der Waals surface area contributed by atoms with Crippen molar-refractivity contribution in [2.24, 2.45) is 0 Å². The lowest BCUT2D eigenvalue weighted by molar-refractivity contribution is 0.146. The molecule has 42 heavy (non-hydrogen) atoms. The first-order valence-corrected chi connectivity index (χ1v) is 16.8. The van der Waals surface area contributed by atoms with E-state index in [1.165, 1.54) is 12.6 Å². The van der Waals surface area contributed by atoms with E-state index in [-0.39, 0.29) is 18.2 Å². The van der Waals surface area contributed by atoms with Crippen LogP contribution in [0.5, 0.6) is 11.6 Å². The largest absolute Gasteiger partial charge is 0.486 e. The Balaban J connectivity index is 1.11. The number of sulfonamides is 1. The van der Waals surface area contributed by atoms with Gasteiger partial charge in [-0.3, -0.25) is 9.71 Å². The van der Waals surface area contributed by atoms with Gasteiger partial charge in [0.15, 0.2) is 5.75 Å². The molecule has 0 radical (unpaired) electrons. The lowest BCUT2D eigenvalue weighted by atomic mass is 9.93. The van der Waals surface area contributed by atoms with E-state index in [0.29, 0.717) is 28.7 Å². The summed E-state index contributed by atoms with van der Waals surface area (Å²) in [6.45, 7) is 3.88. The minimum Gasteiger partial charge on any atom is -0.486 e. The summed E-state index contributed by atoms with van der Waals surface area (Å²) in [5, 5.41) is 4.16. The van der Waals surface area contributed by atoms with Crippen LogP contribution in [0.15, 0.2) is 30.7 Å². The normalized spacial score (nSPS) is 23.6. The highest BCUT2D eigenvalue weighted by atomic mass is 32.2. The van der Waals surface area contributed by atoms with Crippen molar-refractivity contribution in [1.82, 2.24) is 24.8 Å². The molecule has 3 aromatic heterocycles. The number of likely N-dealkylation sites (N-methyl/N-ethyl adjacent to an activating group) is 1. The third-order valence-corrected chi connectivity index (χ3v) is 8.79. The number of aromatic nitrogens is 4. The molecule has 0 unspecified atom stereocenters. The summed E-state index contributed by atoms with van der Waals surface area (Å²) in [6.07, 6.45) is 14.4. The number of likely N-dealkylation sites (tertiary alicyclic amines) is 1. The Morgan fingerprint density at radius 1 is 0.881 bits per heavy atom. The smallest absolute Gasteiger partial charge is 0.229 e. The maximum atomic E-state index is 11.8. The van der Waals surface area contributed by atoms with Gasteiger partial charge in [0.05, 0.1) is 41.4 Å². The van der Waals surface area contributed by atoms with E-state index in [2.05, 4.69) is 41.8 Å². The Kier molecular flexibility index (Phi) is 8.48. The second-order valence-corrected chi connectivity index (χ2v) is 13.5. The molecule has 2 aliphatic heterocycles. The van der Waals surface area contributed by atoms with Crippen molar-refractivity contribution in [2.45, 2.75) is 69.6 Å². The average molecular weight is 597 g/mol. The maximum absolute atomic E-state index is 11.8. The molecule has 5 heterocycles. The zero-order valence-corrected chi connectivity index (χ0v) is 25.1. The van der Waals surface area contributed by atoms with E-state index in [1.54, 1.807) is 18.5 Å². The van der Waals surface area contributed by atoms with Gasteiger partial charge in [-0.2, -0.15) is 4.98 Å². The van der Waals surface area contributed by atoms with Crippen LogP contribution in [0.25, 0.3) is 10.9 Å². The Morgan fingerprint density at radius 3 is 2.33 bits per heavy atom. The molecule has 3 fully saturated rings. The van der Waals surface area contributed by atoms with Gasteiger partial charge >= 0.3 is 0 Å². The van der Waals surface area contributed by atoms with Gasteiger partial charge in [-0.1, -0.05) is 0 Å². The molecule has 3 aromatic rings. The van der Waals surface area contributed by atoms with E-state index in [9.17, 15) is 8.42 Å².